The van der Waals surface area contributed by atoms with Gasteiger partial charge in [-0.3, -0.25) is 19.2 Å². The number of carbonyl (C=O) groups is 4. The van der Waals surface area contributed by atoms with Gasteiger partial charge in [0.2, 0.25) is 17.7 Å². The molecular weight excluding hydrogens is 362 g/mol. The van der Waals surface area contributed by atoms with Gasteiger partial charge in [-0.15, -0.1) is 6.42 Å². The van der Waals surface area contributed by atoms with Gasteiger partial charge in [0.15, 0.2) is 6.10 Å². The van der Waals surface area contributed by atoms with Gasteiger partial charge in [0.05, 0.1) is 0 Å². The number of likely N-dealkylation sites (N-methyl/N-ethyl adjacent to an activating group) is 1. The molecule has 28 heavy (non-hydrogen) atoms. The largest absolute Gasteiger partial charge is 0.447 e. The summed E-state index contributed by atoms with van der Waals surface area (Å²) < 4.78 is 5.24. The Morgan fingerprint density at radius 2 is 1.86 bits per heavy atom. The van der Waals surface area contributed by atoms with Gasteiger partial charge >= 0.3 is 5.97 Å². The second-order valence-electron chi connectivity index (χ2n) is 7.35. The summed E-state index contributed by atoms with van der Waals surface area (Å²) in [6, 6.07) is -1.65. The Balaban J connectivity index is 3.19. The highest BCUT2D eigenvalue weighted by atomic mass is 16.5. The molecule has 0 aromatic rings. The smallest absolute Gasteiger partial charge is 0.326 e. The molecule has 1 aliphatic rings. The summed E-state index contributed by atoms with van der Waals surface area (Å²) in [5.74, 6) is -0.351. The lowest BCUT2D eigenvalue weighted by atomic mass is 9.94. The zero-order chi connectivity index (χ0) is 21.6. The molecule has 0 bridgehead atoms. The number of nitrogens with zero attached hydrogens (tertiary/aromatic N) is 1. The summed E-state index contributed by atoms with van der Waals surface area (Å²) in [6.07, 6.45) is 4.47. The summed E-state index contributed by atoms with van der Waals surface area (Å²) in [4.78, 5) is 50.9. The number of amides is 3. The number of esters is 1. The fourth-order valence-corrected chi connectivity index (χ4v) is 3.03. The van der Waals surface area contributed by atoms with E-state index in [1.165, 1.54) is 11.9 Å². The summed E-state index contributed by atoms with van der Waals surface area (Å²) in [5.41, 5.74) is 0.472. The second kappa shape index (κ2) is 9.93. The van der Waals surface area contributed by atoms with E-state index >= 15 is 0 Å². The van der Waals surface area contributed by atoms with Crippen LogP contribution >= 0.6 is 0 Å². The number of terminal acetylenes is 1. The van der Waals surface area contributed by atoms with Gasteiger partial charge in [0, 0.05) is 19.4 Å². The van der Waals surface area contributed by atoms with Crippen LogP contribution in [0.15, 0.2) is 12.2 Å². The van der Waals surface area contributed by atoms with Crippen LogP contribution in [0.25, 0.3) is 0 Å². The van der Waals surface area contributed by atoms with E-state index in [4.69, 9.17) is 11.2 Å². The molecule has 8 heteroatoms. The van der Waals surface area contributed by atoms with Crippen molar-refractivity contribution in [3.05, 3.63) is 12.2 Å². The standard InChI is InChI=1S/C20H29N3O5/c1-8-15-13(5)12(4)9-16(24)22-14(6)20(27)23(7)18(11(2)3)19(26)21-10-17(25)28-15/h1,11,13-15,18H,4,9-10H2,2-3,5-7H3,(H,21,26)(H,22,24)/t13-,14+,15+,18+/m1/s1. The number of nitrogens with one attached hydrogen (secondary N) is 2. The quantitative estimate of drug-likeness (QED) is 0.378. The molecule has 154 valence electrons. The molecule has 0 unspecified atom stereocenters. The van der Waals surface area contributed by atoms with Gasteiger partial charge < -0.3 is 20.3 Å². The van der Waals surface area contributed by atoms with Gasteiger partial charge in [-0.2, -0.15) is 0 Å². The highest BCUT2D eigenvalue weighted by Crippen LogP contribution is 2.19. The summed E-state index contributed by atoms with van der Waals surface area (Å²) in [7, 11) is 1.49. The monoisotopic (exact) mass is 391 g/mol. The van der Waals surface area contributed by atoms with Crippen molar-refractivity contribution in [2.24, 2.45) is 11.8 Å². The molecule has 3 amide bonds. The van der Waals surface area contributed by atoms with E-state index in [1.807, 2.05) is 0 Å². The van der Waals surface area contributed by atoms with Crippen LogP contribution in [0.2, 0.25) is 0 Å². The summed E-state index contributed by atoms with van der Waals surface area (Å²) in [5, 5.41) is 5.11. The Hall–Kier alpha value is -2.82. The minimum atomic E-state index is -0.919. The predicted molar refractivity (Wildman–Crippen MR) is 104 cm³/mol. The number of ether oxygens (including phenoxy) is 1. The SMILES string of the molecule is C#C[C@@H]1OC(=O)CNC(=O)[C@H](C(C)C)N(C)C(=O)[C@H](C)NC(=O)CC(=C)[C@H]1C. The van der Waals surface area contributed by atoms with Gasteiger partial charge in [-0.25, -0.2) is 0 Å². The molecule has 1 aliphatic heterocycles. The number of hydrogen-bond acceptors (Lipinski definition) is 5. The molecule has 0 aliphatic carbocycles. The average molecular weight is 391 g/mol. The number of carbonyl (C=O) groups excluding carboxylic acids is 4. The number of rotatable bonds is 1. The molecule has 4 atom stereocenters. The van der Waals surface area contributed by atoms with Gasteiger partial charge in [0.25, 0.3) is 0 Å². The van der Waals surface area contributed by atoms with E-state index in [1.54, 1.807) is 27.7 Å². The van der Waals surface area contributed by atoms with Crippen molar-refractivity contribution < 1.29 is 23.9 Å². The third-order valence-electron chi connectivity index (χ3n) is 4.73. The molecule has 0 radical (unpaired) electrons. The van der Waals surface area contributed by atoms with E-state index in [0.717, 1.165) is 0 Å². The highest BCUT2D eigenvalue weighted by Gasteiger charge is 2.33. The van der Waals surface area contributed by atoms with E-state index in [2.05, 4.69) is 23.1 Å². The lowest BCUT2D eigenvalue weighted by Gasteiger charge is -2.32. The third kappa shape index (κ3) is 5.84. The van der Waals surface area contributed by atoms with Crippen LogP contribution < -0.4 is 10.6 Å². The molecule has 8 nitrogen and oxygen atoms in total. The molecule has 1 rings (SSSR count). The number of hydrogen-bond donors (Lipinski definition) is 2. The highest BCUT2D eigenvalue weighted by molar-refractivity contribution is 5.93. The zero-order valence-electron chi connectivity index (χ0n) is 17.1. The van der Waals surface area contributed by atoms with Crippen molar-refractivity contribution in [2.45, 2.75) is 52.3 Å². The van der Waals surface area contributed by atoms with Crippen LogP contribution in [0.3, 0.4) is 0 Å². The molecule has 1 saturated heterocycles. The fraction of sp³-hybridized carbons (Fsp3) is 0.600. The van der Waals surface area contributed by atoms with Crippen LogP contribution in [0, 0.1) is 24.2 Å². The fourth-order valence-electron chi connectivity index (χ4n) is 3.03. The van der Waals surface area contributed by atoms with Gasteiger partial charge in [-0.05, 0) is 12.8 Å². The summed E-state index contributed by atoms with van der Waals surface area (Å²) in [6.45, 7) is 10.3. The first-order valence-electron chi connectivity index (χ1n) is 9.16. The predicted octanol–water partition coefficient (Wildman–Crippen LogP) is 0.231. The third-order valence-corrected chi connectivity index (χ3v) is 4.73. The van der Waals surface area contributed by atoms with Crippen molar-refractivity contribution in [1.29, 1.82) is 0 Å². The van der Waals surface area contributed by atoms with E-state index in [-0.39, 0.29) is 18.9 Å². The first kappa shape index (κ1) is 23.2. The lowest BCUT2D eigenvalue weighted by Crippen LogP contribution is -2.55. The topological polar surface area (TPSA) is 105 Å². The second-order valence-corrected chi connectivity index (χ2v) is 7.35. The zero-order valence-corrected chi connectivity index (χ0v) is 17.1. The first-order valence-corrected chi connectivity index (χ1v) is 9.16. The summed E-state index contributed by atoms with van der Waals surface area (Å²) >= 11 is 0. The Bertz CT molecular complexity index is 694. The Labute approximate surface area is 166 Å². The lowest BCUT2D eigenvalue weighted by molar-refractivity contribution is -0.149. The Morgan fingerprint density at radius 1 is 1.25 bits per heavy atom. The molecule has 2 N–H and O–H groups in total. The molecule has 0 aromatic heterocycles. The molecule has 1 heterocycles. The Kier molecular flexibility index (Phi) is 8.23. The van der Waals surface area contributed by atoms with Crippen LogP contribution in [0.4, 0.5) is 0 Å². The number of cyclic esters (lactones) is 1. The van der Waals surface area contributed by atoms with Crippen molar-refractivity contribution in [3.63, 3.8) is 0 Å². The van der Waals surface area contributed by atoms with Gasteiger partial charge in [-0.1, -0.05) is 38.8 Å². The van der Waals surface area contributed by atoms with Crippen molar-refractivity contribution in [1.82, 2.24) is 15.5 Å². The molecule has 0 saturated carbocycles. The van der Waals surface area contributed by atoms with Gasteiger partial charge in [0.1, 0.15) is 18.6 Å². The maximum atomic E-state index is 12.7. The maximum Gasteiger partial charge on any atom is 0.326 e. The van der Waals surface area contributed by atoms with Crippen molar-refractivity contribution >= 4 is 23.7 Å². The van der Waals surface area contributed by atoms with Crippen LogP contribution in [-0.4, -0.2) is 60.4 Å². The van der Waals surface area contributed by atoms with E-state index < -0.39 is 47.8 Å². The minimum Gasteiger partial charge on any atom is -0.447 e. The molecule has 0 spiro atoms. The van der Waals surface area contributed by atoms with Crippen LogP contribution in [0.5, 0.6) is 0 Å². The maximum absolute atomic E-state index is 12.7. The molecular formula is C20H29N3O5. The van der Waals surface area contributed by atoms with Crippen LogP contribution in [0.1, 0.15) is 34.1 Å². The minimum absolute atomic E-state index is 0.0664. The molecule has 1 fully saturated rings. The van der Waals surface area contributed by atoms with Crippen molar-refractivity contribution in [3.8, 4) is 12.3 Å². The average Bonchev–Trinajstić information content (AvgIpc) is 2.61. The van der Waals surface area contributed by atoms with E-state index in [0.29, 0.717) is 5.57 Å². The molecule has 0 aromatic carbocycles. The van der Waals surface area contributed by atoms with E-state index in [9.17, 15) is 19.2 Å². The Morgan fingerprint density at radius 3 is 2.39 bits per heavy atom. The first-order chi connectivity index (χ1) is 13.0. The van der Waals surface area contributed by atoms with Crippen LogP contribution in [-0.2, 0) is 23.9 Å². The van der Waals surface area contributed by atoms with Crippen molar-refractivity contribution in [2.75, 3.05) is 13.6 Å². The normalized spacial score (nSPS) is 28.6.